The Labute approximate surface area is 316 Å². The van der Waals surface area contributed by atoms with Gasteiger partial charge in [0.2, 0.25) is 5.91 Å². The zero-order chi connectivity index (χ0) is 37.5. The molecule has 1 aliphatic heterocycles. The van der Waals surface area contributed by atoms with Gasteiger partial charge in [0.05, 0.1) is 33.0 Å². The Bertz CT molecular complexity index is 1940. The van der Waals surface area contributed by atoms with Crippen LogP contribution in [0.25, 0.3) is 11.1 Å². The Balaban J connectivity index is 0.997. The molecule has 1 heterocycles. The Kier molecular flexibility index (Phi) is 11.3. The van der Waals surface area contributed by atoms with Gasteiger partial charge < -0.3 is 34.3 Å². The third-order valence-electron chi connectivity index (χ3n) is 10.6. The molecule has 2 atom stereocenters. The maximum Gasteiger partial charge on any atom is 0.407 e. The smallest absolute Gasteiger partial charge is 0.407 e. The quantitative estimate of drug-likeness (QED) is 0.0915. The summed E-state index contributed by atoms with van der Waals surface area (Å²) in [6, 6.07) is 41.7. The summed E-state index contributed by atoms with van der Waals surface area (Å²) in [6.45, 7) is 0.902. The van der Waals surface area contributed by atoms with Crippen LogP contribution in [-0.2, 0) is 19.9 Å². The molecular formula is C45H46N2O7. The third-order valence-corrected chi connectivity index (χ3v) is 10.6. The molecule has 2 amide bonds. The predicted molar refractivity (Wildman–Crippen MR) is 207 cm³/mol. The van der Waals surface area contributed by atoms with E-state index in [-0.39, 0.29) is 50.6 Å². The second-order valence-electron chi connectivity index (χ2n) is 13.8. The largest absolute Gasteiger partial charge is 0.497 e. The number of alkyl carbamates (subject to hydrolysis) is 1. The van der Waals surface area contributed by atoms with Crippen molar-refractivity contribution in [3.05, 3.63) is 155 Å². The number of carbonyl (C=O) groups is 2. The van der Waals surface area contributed by atoms with E-state index in [1.54, 1.807) is 19.1 Å². The van der Waals surface area contributed by atoms with Crippen LogP contribution in [0.4, 0.5) is 4.79 Å². The number of hydrogen-bond donors (Lipinski definition) is 2. The van der Waals surface area contributed by atoms with E-state index in [4.69, 9.17) is 18.9 Å². The SMILES string of the molecule is COc1ccc(C(OC[C@@H]2C[C@@H](O)CN2C(=O)CCCNC(=O)OCC2c3ccccc3-c3ccccc32)(c2ccccc2)c2ccc(OC)cc2)cc1. The molecule has 54 heavy (non-hydrogen) atoms. The molecule has 2 aliphatic rings. The van der Waals surface area contributed by atoms with Crippen molar-refractivity contribution in [3.8, 4) is 22.6 Å². The first-order valence-corrected chi connectivity index (χ1v) is 18.5. The van der Waals surface area contributed by atoms with Crippen molar-refractivity contribution >= 4 is 12.0 Å². The van der Waals surface area contributed by atoms with E-state index in [2.05, 4.69) is 29.6 Å². The predicted octanol–water partition coefficient (Wildman–Crippen LogP) is 7.29. The van der Waals surface area contributed by atoms with Gasteiger partial charge in [0, 0.05) is 25.4 Å². The lowest BCUT2D eigenvalue weighted by Crippen LogP contribution is -2.42. The molecule has 0 radical (unpaired) electrons. The molecule has 9 heteroatoms. The summed E-state index contributed by atoms with van der Waals surface area (Å²) in [4.78, 5) is 28.1. The normalized spacial score (nSPS) is 16.4. The molecule has 5 aromatic carbocycles. The number of carbonyl (C=O) groups excluding carboxylic acids is 2. The number of benzene rings is 5. The van der Waals surface area contributed by atoms with Gasteiger partial charge in [-0.2, -0.15) is 0 Å². The summed E-state index contributed by atoms with van der Waals surface area (Å²) in [5, 5.41) is 13.6. The lowest BCUT2D eigenvalue weighted by molar-refractivity contribution is -0.134. The van der Waals surface area contributed by atoms with Gasteiger partial charge in [-0.15, -0.1) is 0 Å². The molecular weight excluding hydrogens is 681 g/mol. The molecule has 0 saturated carbocycles. The number of amides is 2. The molecule has 0 unspecified atom stereocenters. The zero-order valence-electron chi connectivity index (χ0n) is 30.7. The molecule has 9 nitrogen and oxygen atoms in total. The first kappa shape index (κ1) is 36.7. The number of nitrogens with zero attached hydrogens (tertiary/aromatic N) is 1. The van der Waals surface area contributed by atoms with Gasteiger partial charge in [-0.05, 0) is 76.1 Å². The Morgan fingerprint density at radius 2 is 1.26 bits per heavy atom. The third kappa shape index (κ3) is 7.56. The first-order chi connectivity index (χ1) is 26.4. The number of aliphatic hydroxyl groups excluding tert-OH is 1. The minimum atomic E-state index is -1.05. The number of rotatable bonds is 14. The lowest BCUT2D eigenvalue weighted by atomic mass is 9.80. The van der Waals surface area contributed by atoms with Gasteiger partial charge in [-0.25, -0.2) is 4.79 Å². The minimum Gasteiger partial charge on any atom is -0.497 e. The van der Waals surface area contributed by atoms with Gasteiger partial charge >= 0.3 is 6.09 Å². The Hall–Kier alpha value is -5.64. The van der Waals surface area contributed by atoms with Crippen LogP contribution in [0.1, 0.15) is 53.0 Å². The van der Waals surface area contributed by atoms with Gasteiger partial charge in [-0.1, -0.05) is 103 Å². The standard InChI is InChI=1S/C45H46N2O7/c1-51-36-22-18-32(19-23-36)45(31-11-4-3-5-12-31,33-20-24-37(52-2)25-21-33)54-29-34-27-35(48)28-47(34)43(49)17-10-26-46-44(50)53-30-42-40-15-8-6-13-38(40)39-14-7-9-16-41(39)42/h3-9,11-16,18-25,34-35,42,48H,10,17,26-30H2,1-2H3,(H,46,50)/t34-,35+/m0/s1. The fourth-order valence-corrected chi connectivity index (χ4v) is 7.87. The molecule has 5 aromatic rings. The van der Waals surface area contributed by atoms with E-state index in [1.165, 1.54) is 11.1 Å². The van der Waals surface area contributed by atoms with Crippen LogP contribution in [0.3, 0.4) is 0 Å². The highest BCUT2D eigenvalue weighted by Crippen LogP contribution is 2.45. The molecule has 278 valence electrons. The zero-order valence-corrected chi connectivity index (χ0v) is 30.7. The van der Waals surface area contributed by atoms with Gasteiger partial charge in [-0.3, -0.25) is 4.79 Å². The maximum atomic E-state index is 13.6. The summed E-state index contributed by atoms with van der Waals surface area (Å²) in [6.07, 6.45) is -0.168. The van der Waals surface area contributed by atoms with Crippen molar-refractivity contribution in [2.45, 2.75) is 42.9 Å². The first-order valence-electron chi connectivity index (χ1n) is 18.5. The summed E-state index contributed by atoms with van der Waals surface area (Å²) in [7, 11) is 3.27. The summed E-state index contributed by atoms with van der Waals surface area (Å²) >= 11 is 0. The molecule has 2 N–H and O–H groups in total. The van der Waals surface area contributed by atoms with Crippen molar-refractivity contribution in [1.82, 2.24) is 10.2 Å². The van der Waals surface area contributed by atoms with Crippen LogP contribution in [0.5, 0.6) is 11.5 Å². The number of nitrogens with one attached hydrogen (secondary N) is 1. The number of aliphatic hydroxyl groups is 1. The van der Waals surface area contributed by atoms with Crippen molar-refractivity contribution in [3.63, 3.8) is 0 Å². The summed E-state index contributed by atoms with van der Waals surface area (Å²) < 4.78 is 23.7. The van der Waals surface area contributed by atoms with Crippen molar-refractivity contribution in [1.29, 1.82) is 0 Å². The molecule has 0 spiro atoms. The van der Waals surface area contributed by atoms with Gasteiger partial charge in [0.15, 0.2) is 0 Å². The van der Waals surface area contributed by atoms with Crippen LogP contribution in [-0.4, -0.2) is 74.7 Å². The van der Waals surface area contributed by atoms with Crippen molar-refractivity contribution in [2.24, 2.45) is 0 Å². The molecule has 0 aromatic heterocycles. The average Bonchev–Trinajstić information content (AvgIpc) is 3.76. The monoisotopic (exact) mass is 726 g/mol. The molecule has 7 rings (SSSR count). The Morgan fingerprint density at radius 3 is 1.83 bits per heavy atom. The number of methoxy groups -OCH3 is 2. The van der Waals surface area contributed by atoms with Crippen LogP contribution in [0.2, 0.25) is 0 Å². The number of ether oxygens (including phenoxy) is 4. The van der Waals surface area contributed by atoms with Gasteiger partial charge in [0.1, 0.15) is 23.7 Å². The minimum absolute atomic E-state index is 0.0273. The second-order valence-corrected chi connectivity index (χ2v) is 13.8. The van der Waals surface area contributed by atoms with E-state index in [9.17, 15) is 14.7 Å². The van der Waals surface area contributed by atoms with Crippen LogP contribution in [0, 0.1) is 0 Å². The van der Waals surface area contributed by atoms with E-state index in [1.807, 2.05) is 103 Å². The molecule has 1 aliphatic carbocycles. The van der Waals surface area contributed by atoms with Crippen LogP contribution < -0.4 is 14.8 Å². The molecule has 0 bridgehead atoms. The van der Waals surface area contributed by atoms with Crippen LogP contribution in [0.15, 0.2) is 127 Å². The fourth-order valence-electron chi connectivity index (χ4n) is 7.87. The highest BCUT2D eigenvalue weighted by molar-refractivity contribution is 5.79. The maximum absolute atomic E-state index is 13.6. The number of β-amino-alcohol motifs (C(OH)–C–C–N with tert-alkyl or cyclic N) is 1. The van der Waals surface area contributed by atoms with Crippen molar-refractivity contribution < 1.29 is 33.6 Å². The summed E-state index contributed by atoms with van der Waals surface area (Å²) in [5.41, 5.74) is 6.28. The van der Waals surface area contributed by atoms with Gasteiger partial charge in [0.25, 0.3) is 0 Å². The lowest BCUT2D eigenvalue weighted by Gasteiger charge is -2.38. The van der Waals surface area contributed by atoms with Crippen LogP contribution >= 0.6 is 0 Å². The van der Waals surface area contributed by atoms with E-state index < -0.39 is 17.8 Å². The van der Waals surface area contributed by atoms with E-state index >= 15 is 0 Å². The Morgan fingerprint density at radius 1 is 0.722 bits per heavy atom. The fraction of sp³-hybridized carbons (Fsp3) is 0.289. The highest BCUT2D eigenvalue weighted by Gasteiger charge is 2.41. The second kappa shape index (κ2) is 16.6. The van der Waals surface area contributed by atoms with E-state index in [0.717, 1.165) is 39.3 Å². The average molecular weight is 727 g/mol. The molecule has 1 fully saturated rings. The number of likely N-dealkylation sites (tertiary alicyclic amines) is 1. The highest BCUT2D eigenvalue weighted by atomic mass is 16.5. The number of hydrogen-bond acceptors (Lipinski definition) is 7. The molecule has 1 saturated heterocycles. The number of fused-ring (bicyclic) bond motifs is 3. The topological polar surface area (TPSA) is 107 Å². The van der Waals surface area contributed by atoms with E-state index in [0.29, 0.717) is 12.8 Å². The van der Waals surface area contributed by atoms with Crippen molar-refractivity contribution in [2.75, 3.05) is 40.5 Å². The summed E-state index contributed by atoms with van der Waals surface area (Å²) in [5.74, 6) is 1.31.